The van der Waals surface area contributed by atoms with Gasteiger partial charge in [-0.25, -0.2) is 8.42 Å². The first-order valence-electron chi connectivity index (χ1n) is 5.43. The van der Waals surface area contributed by atoms with Crippen molar-refractivity contribution in [2.24, 2.45) is 11.7 Å². The molecule has 16 heavy (non-hydrogen) atoms. The molecule has 0 aromatic carbocycles. The highest BCUT2D eigenvalue weighted by Crippen LogP contribution is 2.23. The van der Waals surface area contributed by atoms with Gasteiger partial charge in [0.05, 0.1) is 17.7 Å². The van der Waals surface area contributed by atoms with Gasteiger partial charge in [-0.2, -0.15) is 0 Å². The van der Waals surface area contributed by atoms with Crippen LogP contribution >= 0.6 is 0 Å². The summed E-state index contributed by atoms with van der Waals surface area (Å²) in [5.41, 5.74) is 6.41. The Balaban J connectivity index is 2.05. The Labute approximate surface area is 94.9 Å². The van der Waals surface area contributed by atoms with E-state index >= 15 is 0 Å². The largest absolute Gasteiger partial charge is 0.361 e. The normalized spacial score (nSPS) is 24.4. The summed E-state index contributed by atoms with van der Waals surface area (Å²) in [6, 6.07) is 0. The van der Waals surface area contributed by atoms with E-state index in [1.165, 1.54) is 0 Å². The molecule has 2 rings (SSSR count). The van der Waals surface area contributed by atoms with E-state index in [4.69, 9.17) is 10.3 Å². The molecule has 1 aromatic rings. The Morgan fingerprint density at radius 3 is 3.06 bits per heavy atom. The number of nitrogens with two attached hydrogens (primary N) is 1. The van der Waals surface area contributed by atoms with Gasteiger partial charge in [-0.15, -0.1) is 0 Å². The lowest BCUT2D eigenvalue weighted by atomic mass is 9.98. The highest BCUT2D eigenvalue weighted by molar-refractivity contribution is 7.91. The van der Waals surface area contributed by atoms with Gasteiger partial charge < -0.3 is 10.3 Å². The maximum absolute atomic E-state index is 11.5. The van der Waals surface area contributed by atoms with Crippen molar-refractivity contribution in [3.05, 3.63) is 17.5 Å². The molecule has 0 aliphatic carbocycles. The molecule has 2 N–H and O–H groups in total. The molecule has 1 aliphatic heterocycles. The van der Waals surface area contributed by atoms with Gasteiger partial charge >= 0.3 is 0 Å². The van der Waals surface area contributed by atoms with Crippen LogP contribution in [-0.4, -0.2) is 25.1 Å². The predicted octanol–water partition coefficient (Wildman–Crippen LogP) is 0.501. The van der Waals surface area contributed by atoms with Crippen molar-refractivity contribution in [2.75, 3.05) is 11.5 Å². The molecule has 90 valence electrons. The molecular weight excluding hydrogens is 228 g/mol. The molecule has 1 aromatic heterocycles. The van der Waals surface area contributed by atoms with E-state index in [-0.39, 0.29) is 11.7 Å². The second kappa shape index (κ2) is 4.55. The second-order valence-corrected chi connectivity index (χ2v) is 6.53. The fraction of sp³-hybridized carbons (Fsp3) is 0.700. The quantitative estimate of drug-likeness (QED) is 0.836. The number of sulfone groups is 1. The van der Waals surface area contributed by atoms with Crippen LogP contribution in [0.3, 0.4) is 0 Å². The minimum atomic E-state index is -2.85. The summed E-state index contributed by atoms with van der Waals surface area (Å²) in [5.74, 6) is 1.48. The topological polar surface area (TPSA) is 86.2 Å². The highest BCUT2D eigenvalue weighted by atomic mass is 32.2. The van der Waals surface area contributed by atoms with Gasteiger partial charge in [0.15, 0.2) is 9.84 Å². The first-order chi connectivity index (χ1) is 7.61. The van der Waals surface area contributed by atoms with Gasteiger partial charge in [0.25, 0.3) is 0 Å². The molecule has 0 saturated carbocycles. The smallest absolute Gasteiger partial charge is 0.150 e. The Bertz CT molecular complexity index is 452. The van der Waals surface area contributed by atoms with E-state index in [0.717, 1.165) is 24.2 Å². The fourth-order valence-electron chi connectivity index (χ4n) is 2.16. The van der Waals surface area contributed by atoms with Gasteiger partial charge in [-0.3, -0.25) is 0 Å². The van der Waals surface area contributed by atoms with Crippen LogP contribution in [-0.2, 0) is 22.8 Å². The second-order valence-electron chi connectivity index (χ2n) is 4.31. The highest BCUT2D eigenvalue weighted by Gasteiger charge is 2.26. The number of hydrogen-bond donors (Lipinski definition) is 1. The Hall–Kier alpha value is -0.880. The van der Waals surface area contributed by atoms with Crippen LogP contribution in [0.5, 0.6) is 0 Å². The Morgan fingerprint density at radius 2 is 2.38 bits per heavy atom. The molecule has 1 aliphatic rings. The number of aromatic nitrogens is 1. The standard InChI is InChI=1S/C10H16N2O3S/c11-5-9-6-12-15-10(9)4-8-2-1-3-16(13,14)7-8/h6,8H,1-5,7,11H2. The van der Waals surface area contributed by atoms with Crippen LogP contribution in [0.2, 0.25) is 0 Å². The van der Waals surface area contributed by atoms with Crippen molar-refractivity contribution in [3.8, 4) is 0 Å². The zero-order valence-corrected chi connectivity index (χ0v) is 9.87. The molecule has 2 heterocycles. The molecular formula is C10H16N2O3S. The summed E-state index contributed by atoms with van der Waals surface area (Å²) in [5, 5.41) is 3.69. The predicted molar refractivity (Wildman–Crippen MR) is 59.5 cm³/mol. The first-order valence-corrected chi connectivity index (χ1v) is 7.26. The van der Waals surface area contributed by atoms with E-state index < -0.39 is 9.84 Å². The minimum Gasteiger partial charge on any atom is -0.361 e. The SMILES string of the molecule is NCc1cnoc1CC1CCCS(=O)(=O)C1. The first kappa shape index (κ1) is 11.6. The van der Waals surface area contributed by atoms with Crippen LogP contribution in [0.1, 0.15) is 24.2 Å². The third-order valence-corrected chi connectivity index (χ3v) is 4.87. The lowest BCUT2D eigenvalue weighted by Crippen LogP contribution is -2.26. The van der Waals surface area contributed by atoms with Gasteiger partial charge in [-0.1, -0.05) is 5.16 Å². The molecule has 1 saturated heterocycles. The third kappa shape index (κ3) is 2.62. The molecule has 5 nitrogen and oxygen atoms in total. The van der Waals surface area contributed by atoms with E-state index in [1.54, 1.807) is 6.20 Å². The van der Waals surface area contributed by atoms with Crippen molar-refractivity contribution in [1.29, 1.82) is 0 Å². The molecule has 0 bridgehead atoms. The molecule has 6 heteroatoms. The van der Waals surface area contributed by atoms with E-state index in [0.29, 0.717) is 18.7 Å². The Kier molecular flexibility index (Phi) is 3.30. The summed E-state index contributed by atoms with van der Waals surface area (Å²) in [6.07, 6.45) is 3.92. The molecule has 1 fully saturated rings. The minimum absolute atomic E-state index is 0.150. The Morgan fingerprint density at radius 1 is 1.56 bits per heavy atom. The van der Waals surface area contributed by atoms with E-state index in [1.807, 2.05) is 0 Å². The maximum atomic E-state index is 11.5. The molecule has 1 atom stereocenters. The van der Waals surface area contributed by atoms with Crippen molar-refractivity contribution in [1.82, 2.24) is 5.16 Å². The molecule has 0 radical (unpaired) electrons. The zero-order chi connectivity index (χ0) is 11.6. The van der Waals surface area contributed by atoms with Gasteiger partial charge in [0.1, 0.15) is 5.76 Å². The third-order valence-electron chi connectivity index (χ3n) is 2.98. The van der Waals surface area contributed by atoms with E-state index in [9.17, 15) is 8.42 Å². The fourth-order valence-corrected chi connectivity index (χ4v) is 3.94. The zero-order valence-electron chi connectivity index (χ0n) is 9.05. The van der Waals surface area contributed by atoms with Crippen molar-refractivity contribution >= 4 is 9.84 Å². The monoisotopic (exact) mass is 244 g/mol. The summed E-state index contributed by atoms with van der Waals surface area (Å²) in [6.45, 7) is 0.387. The number of hydrogen-bond acceptors (Lipinski definition) is 5. The average molecular weight is 244 g/mol. The summed E-state index contributed by atoms with van der Waals surface area (Å²) in [7, 11) is -2.85. The van der Waals surface area contributed by atoms with Crippen LogP contribution in [0.4, 0.5) is 0 Å². The number of rotatable bonds is 3. The lowest BCUT2D eigenvalue weighted by molar-refractivity contribution is 0.354. The van der Waals surface area contributed by atoms with Crippen LogP contribution in [0.15, 0.2) is 10.7 Å². The van der Waals surface area contributed by atoms with Crippen molar-refractivity contribution in [3.63, 3.8) is 0 Å². The van der Waals surface area contributed by atoms with E-state index in [2.05, 4.69) is 5.16 Å². The number of nitrogens with zero attached hydrogens (tertiary/aromatic N) is 1. The summed E-state index contributed by atoms with van der Waals surface area (Å²) >= 11 is 0. The summed E-state index contributed by atoms with van der Waals surface area (Å²) in [4.78, 5) is 0. The average Bonchev–Trinajstić information content (AvgIpc) is 2.63. The van der Waals surface area contributed by atoms with Crippen LogP contribution in [0.25, 0.3) is 0 Å². The van der Waals surface area contributed by atoms with Crippen molar-refractivity contribution in [2.45, 2.75) is 25.8 Å². The molecule has 0 amide bonds. The van der Waals surface area contributed by atoms with Gasteiger partial charge in [0.2, 0.25) is 0 Å². The van der Waals surface area contributed by atoms with Crippen LogP contribution < -0.4 is 5.73 Å². The lowest BCUT2D eigenvalue weighted by Gasteiger charge is -2.20. The van der Waals surface area contributed by atoms with Gasteiger partial charge in [0, 0.05) is 18.5 Å². The van der Waals surface area contributed by atoms with Crippen molar-refractivity contribution < 1.29 is 12.9 Å². The summed E-state index contributed by atoms with van der Waals surface area (Å²) < 4.78 is 28.0. The molecule has 0 spiro atoms. The maximum Gasteiger partial charge on any atom is 0.150 e. The molecule has 1 unspecified atom stereocenters. The van der Waals surface area contributed by atoms with Crippen LogP contribution in [0, 0.1) is 5.92 Å². The van der Waals surface area contributed by atoms with Gasteiger partial charge in [-0.05, 0) is 18.8 Å².